The number of nitrogens with one attached hydrogen (secondary N) is 1. The van der Waals surface area contributed by atoms with Gasteiger partial charge in [0.05, 0.1) is 0 Å². The molecular formula is C12H27NOS. The molecule has 0 saturated heterocycles. The molecule has 0 spiro atoms. The Hall–Kier alpha value is 0.270. The minimum Gasteiger partial charge on any atom is -0.385 e. The molecule has 0 radical (unpaired) electrons. The van der Waals surface area contributed by atoms with Gasteiger partial charge in [-0.15, -0.1) is 0 Å². The van der Waals surface area contributed by atoms with Crippen LogP contribution in [-0.4, -0.2) is 37.8 Å². The van der Waals surface area contributed by atoms with Gasteiger partial charge in [0.2, 0.25) is 0 Å². The second-order valence-electron chi connectivity index (χ2n) is 3.94. The first kappa shape index (κ1) is 15.3. The molecule has 3 heteroatoms. The van der Waals surface area contributed by atoms with E-state index in [1.165, 1.54) is 25.0 Å². The molecule has 0 heterocycles. The number of ether oxygens (including phenoxy) is 1. The average Bonchev–Trinajstić information content (AvgIpc) is 2.24. The van der Waals surface area contributed by atoms with Crippen molar-refractivity contribution in [1.29, 1.82) is 0 Å². The molecule has 0 saturated carbocycles. The number of thioether (sulfide) groups is 1. The van der Waals surface area contributed by atoms with Crippen LogP contribution in [0.2, 0.25) is 0 Å². The summed E-state index contributed by atoms with van der Waals surface area (Å²) in [7, 11) is 1.76. The summed E-state index contributed by atoms with van der Waals surface area (Å²) in [5.41, 5.74) is 0. The standard InChI is InChI=1S/C12H27NOS/c1-4-5-6-10-15-12(2)11-13-8-7-9-14-3/h12-13H,4-11H2,1-3H3. The topological polar surface area (TPSA) is 21.3 Å². The summed E-state index contributed by atoms with van der Waals surface area (Å²) < 4.78 is 5.00. The first-order valence-corrected chi connectivity index (χ1v) is 7.17. The monoisotopic (exact) mass is 233 g/mol. The lowest BCUT2D eigenvalue weighted by atomic mass is 10.3. The average molecular weight is 233 g/mol. The summed E-state index contributed by atoms with van der Waals surface area (Å²) >= 11 is 2.09. The minimum absolute atomic E-state index is 0.740. The van der Waals surface area contributed by atoms with Gasteiger partial charge >= 0.3 is 0 Å². The van der Waals surface area contributed by atoms with E-state index < -0.39 is 0 Å². The first-order valence-electron chi connectivity index (χ1n) is 6.12. The molecule has 1 atom stereocenters. The van der Waals surface area contributed by atoms with Gasteiger partial charge in [-0.25, -0.2) is 0 Å². The van der Waals surface area contributed by atoms with Crippen molar-refractivity contribution in [3.8, 4) is 0 Å². The van der Waals surface area contributed by atoms with Crippen LogP contribution < -0.4 is 5.32 Å². The highest BCUT2D eigenvalue weighted by molar-refractivity contribution is 7.99. The lowest BCUT2D eigenvalue weighted by Gasteiger charge is -2.12. The number of hydrogen-bond donors (Lipinski definition) is 1. The van der Waals surface area contributed by atoms with Crippen molar-refractivity contribution in [2.24, 2.45) is 0 Å². The van der Waals surface area contributed by atoms with Gasteiger partial charge in [0.15, 0.2) is 0 Å². The summed E-state index contributed by atoms with van der Waals surface area (Å²) in [4.78, 5) is 0. The van der Waals surface area contributed by atoms with Gasteiger partial charge in [-0.1, -0.05) is 26.7 Å². The molecular weight excluding hydrogens is 206 g/mol. The smallest absolute Gasteiger partial charge is 0.0474 e. The largest absolute Gasteiger partial charge is 0.385 e. The van der Waals surface area contributed by atoms with E-state index in [2.05, 4.69) is 30.9 Å². The van der Waals surface area contributed by atoms with Crippen LogP contribution in [0.5, 0.6) is 0 Å². The maximum atomic E-state index is 5.00. The highest BCUT2D eigenvalue weighted by atomic mass is 32.2. The van der Waals surface area contributed by atoms with E-state index in [4.69, 9.17) is 4.74 Å². The number of methoxy groups -OCH3 is 1. The van der Waals surface area contributed by atoms with Gasteiger partial charge in [-0.2, -0.15) is 11.8 Å². The predicted molar refractivity (Wildman–Crippen MR) is 70.8 cm³/mol. The SMILES string of the molecule is CCCCCSC(C)CNCCCOC. The summed E-state index contributed by atoms with van der Waals surface area (Å²) in [5, 5.41) is 4.20. The van der Waals surface area contributed by atoms with Crippen molar-refractivity contribution < 1.29 is 4.74 Å². The van der Waals surface area contributed by atoms with E-state index in [9.17, 15) is 0 Å². The van der Waals surface area contributed by atoms with E-state index in [0.717, 1.165) is 31.4 Å². The van der Waals surface area contributed by atoms with Crippen molar-refractivity contribution >= 4 is 11.8 Å². The van der Waals surface area contributed by atoms with Crippen molar-refractivity contribution in [2.75, 3.05) is 32.6 Å². The van der Waals surface area contributed by atoms with Gasteiger partial charge in [0, 0.05) is 25.5 Å². The van der Waals surface area contributed by atoms with Crippen molar-refractivity contribution in [1.82, 2.24) is 5.32 Å². The molecule has 0 aromatic heterocycles. The van der Waals surface area contributed by atoms with Gasteiger partial charge < -0.3 is 10.1 Å². The fourth-order valence-electron chi connectivity index (χ4n) is 1.34. The molecule has 1 unspecified atom stereocenters. The Bertz CT molecular complexity index is 122. The Morgan fingerprint density at radius 1 is 1.27 bits per heavy atom. The summed E-state index contributed by atoms with van der Waals surface area (Å²) in [6, 6.07) is 0. The van der Waals surface area contributed by atoms with E-state index in [-0.39, 0.29) is 0 Å². The van der Waals surface area contributed by atoms with E-state index in [1.54, 1.807) is 7.11 Å². The lowest BCUT2D eigenvalue weighted by Crippen LogP contribution is -2.24. The number of hydrogen-bond acceptors (Lipinski definition) is 3. The molecule has 0 aliphatic rings. The zero-order chi connectivity index (χ0) is 11.4. The van der Waals surface area contributed by atoms with Gasteiger partial charge in [0.25, 0.3) is 0 Å². The molecule has 0 bridgehead atoms. The Morgan fingerprint density at radius 3 is 2.73 bits per heavy atom. The third-order valence-corrected chi connectivity index (χ3v) is 3.54. The molecule has 0 aliphatic heterocycles. The molecule has 0 amide bonds. The highest BCUT2D eigenvalue weighted by Crippen LogP contribution is 2.12. The third kappa shape index (κ3) is 12.2. The maximum absolute atomic E-state index is 5.00. The normalized spacial score (nSPS) is 13.0. The molecule has 2 nitrogen and oxygen atoms in total. The maximum Gasteiger partial charge on any atom is 0.0474 e. The Balaban J connectivity index is 3.08. The second kappa shape index (κ2) is 12.3. The van der Waals surface area contributed by atoms with Crippen LogP contribution in [0.25, 0.3) is 0 Å². The summed E-state index contributed by atoms with van der Waals surface area (Å²) in [5.74, 6) is 1.31. The first-order chi connectivity index (χ1) is 7.31. The van der Waals surface area contributed by atoms with Crippen molar-refractivity contribution in [2.45, 2.75) is 44.8 Å². The zero-order valence-electron chi connectivity index (χ0n) is 10.6. The lowest BCUT2D eigenvalue weighted by molar-refractivity contribution is 0.194. The Morgan fingerprint density at radius 2 is 2.07 bits per heavy atom. The Kier molecular flexibility index (Phi) is 12.6. The fourth-order valence-corrected chi connectivity index (χ4v) is 2.35. The van der Waals surface area contributed by atoms with Gasteiger partial charge in [-0.05, 0) is 25.1 Å². The van der Waals surface area contributed by atoms with Crippen molar-refractivity contribution in [3.05, 3.63) is 0 Å². The van der Waals surface area contributed by atoms with Crippen LogP contribution in [-0.2, 0) is 4.74 Å². The van der Waals surface area contributed by atoms with Crippen LogP contribution in [0.3, 0.4) is 0 Å². The molecule has 15 heavy (non-hydrogen) atoms. The molecule has 92 valence electrons. The minimum atomic E-state index is 0.740. The summed E-state index contributed by atoms with van der Waals surface area (Å²) in [6.07, 6.45) is 5.18. The molecule has 0 aromatic rings. The molecule has 0 aromatic carbocycles. The fraction of sp³-hybridized carbons (Fsp3) is 1.00. The van der Waals surface area contributed by atoms with Gasteiger partial charge in [-0.3, -0.25) is 0 Å². The summed E-state index contributed by atoms with van der Waals surface area (Å²) in [6.45, 7) is 7.63. The Labute approximate surface area is 99.5 Å². The van der Waals surface area contributed by atoms with Crippen LogP contribution in [0.15, 0.2) is 0 Å². The number of rotatable bonds is 11. The van der Waals surface area contributed by atoms with Gasteiger partial charge in [0.1, 0.15) is 0 Å². The third-order valence-electron chi connectivity index (χ3n) is 2.28. The van der Waals surface area contributed by atoms with Crippen LogP contribution in [0.1, 0.15) is 39.5 Å². The number of unbranched alkanes of at least 4 members (excludes halogenated alkanes) is 2. The van der Waals surface area contributed by atoms with Crippen LogP contribution >= 0.6 is 11.8 Å². The molecule has 0 rings (SSSR count). The predicted octanol–water partition coefficient (Wildman–Crippen LogP) is 2.92. The molecule has 0 fully saturated rings. The quantitative estimate of drug-likeness (QED) is 0.554. The van der Waals surface area contributed by atoms with E-state index in [0.29, 0.717) is 0 Å². The van der Waals surface area contributed by atoms with Crippen LogP contribution in [0, 0.1) is 0 Å². The molecule has 0 aliphatic carbocycles. The second-order valence-corrected chi connectivity index (χ2v) is 5.49. The molecule has 1 N–H and O–H groups in total. The van der Waals surface area contributed by atoms with E-state index in [1.807, 2.05) is 0 Å². The van der Waals surface area contributed by atoms with E-state index >= 15 is 0 Å². The van der Waals surface area contributed by atoms with Crippen molar-refractivity contribution in [3.63, 3.8) is 0 Å². The highest BCUT2D eigenvalue weighted by Gasteiger charge is 2.00. The van der Waals surface area contributed by atoms with Crippen LogP contribution in [0.4, 0.5) is 0 Å². The zero-order valence-corrected chi connectivity index (χ0v) is 11.4.